The maximum atomic E-state index is 12.6. The van der Waals surface area contributed by atoms with Gasteiger partial charge in [-0.3, -0.25) is 9.88 Å². The van der Waals surface area contributed by atoms with Crippen molar-refractivity contribution in [3.8, 4) is 0 Å². The number of pyridine rings is 1. The molecule has 0 unspecified atom stereocenters. The summed E-state index contributed by atoms with van der Waals surface area (Å²) in [7, 11) is 0. The second-order valence-corrected chi connectivity index (χ2v) is 7.54. The zero-order valence-corrected chi connectivity index (χ0v) is 15.6. The van der Waals surface area contributed by atoms with Crippen molar-refractivity contribution in [2.75, 3.05) is 38.1 Å². The highest BCUT2D eigenvalue weighted by Gasteiger charge is 2.33. The number of nitrogens with zero attached hydrogens (tertiary/aromatic N) is 4. The molecule has 2 aromatic heterocycles. The molecule has 0 saturated carbocycles. The summed E-state index contributed by atoms with van der Waals surface area (Å²) in [6, 6.07) is 1.92. The minimum Gasteiger partial charge on any atom is -0.376 e. The van der Waals surface area contributed by atoms with E-state index in [1.54, 1.807) is 12.4 Å². The molecular weight excluding hydrogens is 371 g/mol. The van der Waals surface area contributed by atoms with Gasteiger partial charge in [-0.15, -0.1) is 5.10 Å². The first kappa shape index (κ1) is 19.3. The van der Waals surface area contributed by atoms with Crippen molar-refractivity contribution in [1.29, 1.82) is 0 Å². The summed E-state index contributed by atoms with van der Waals surface area (Å²) >= 11 is 0. The molecule has 0 aromatic carbocycles. The van der Waals surface area contributed by atoms with Gasteiger partial charge in [0.15, 0.2) is 5.82 Å². The number of likely N-dealkylation sites (tertiary alicyclic amines) is 1. The minimum absolute atomic E-state index is 0.106. The van der Waals surface area contributed by atoms with E-state index in [2.05, 4.69) is 20.5 Å². The zero-order valence-electron chi connectivity index (χ0n) is 15.6. The summed E-state index contributed by atoms with van der Waals surface area (Å²) < 4.78 is 43.5. The van der Waals surface area contributed by atoms with E-state index in [4.69, 9.17) is 4.74 Å². The maximum Gasteiger partial charge on any atom is 0.401 e. The molecule has 4 rings (SSSR count). The smallest absolute Gasteiger partial charge is 0.376 e. The van der Waals surface area contributed by atoms with Crippen LogP contribution in [0.1, 0.15) is 37.3 Å². The molecule has 0 amide bonds. The first-order valence-corrected chi connectivity index (χ1v) is 9.74. The maximum absolute atomic E-state index is 12.6. The number of rotatable bonds is 5. The predicted octanol–water partition coefficient (Wildman–Crippen LogP) is 3.36. The molecule has 1 N–H and O–H groups in total. The number of piperidine rings is 1. The number of fused-ring (bicyclic) bond motifs is 1. The molecule has 28 heavy (non-hydrogen) atoms. The third kappa shape index (κ3) is 4.52. The highest BCUT2D eigenvalue weighted by molar-refractivity contribution is 5.92. The van der Waals surface area contributed by atoms with Crippen molar-refractivity contribution in [3.05, 3.63) is 24.2 Å². The number of hydrogen-bond donors (Lipinski definition) is 1. The van der Waals surface area contributed by atoms with Crippen molar-refractivity contribution in [2.24, 2.45) is 0 Å². The Morgan fingerprint density at radius 2 is 1.96 bits per heavy atom. The molecular formula is C19H24F3N5O. The van der Waals surface area contributed by atoms with E-state index in [-0.39, 0.29) is 12.0 Å². The largest absolute Gasteiger partial charge is 0.401 e. The molecule has 1 atom stereocenters. The van der Waals surface area contributed by atoms with Gasteiger partial charge in [0.25, 0.3) is 0 Å². The summed E-state index contributed by atoms with van der Waals surface area (Å²) in [5, 5.41) is 14.0. The van der Waals surface area contributed by atoms with Gasteiger partial charge in [0.2, 0.25) is 0 Å². The van der Waals surface area contributed by atoms with Crippen LogP contribution in [0.4, 0.5) is 19.0 Å². The first-order chi connectivity index (χ1) is 13.5. The standard InChI is InChI=1S/C19H24F3N5O/c20-19(21,22)12-27-7-4-13(5-8-27)17-15-3-6-23-11-16(15)18(26-25-17)24-10-14-2-1-9-28-14/h3,6,11,13-14H,1-2,4-5,7-10,12H2,(H,24,26)/t14-/m1/s1. The third-order valence-corrected chi connectivity index (χ3v) is 5.51. The summed E-state index contributed by atoms with van der Waals surface area (Å²) in [6.45, 7) is 1.46. The Hall–Kier alpha value is -2.00. The van der Waals surface area contributed by atoms with Crippen LogP contribution in [-0.4, -0.2) is 65.1 Å². The minimum atomic E-state index is -4.15. The van der Waals surface area contributed by atoms with E-state index < -0.39 is 12.7 Å². The Morgan fingerprint density at radius 3 is 2.68 bits per heavy atom. The van der Waals surface area contributed by atoms with Crippen molar-refractivity contribution >= 4 is 16.6 Å². The molecule has 152 valence electrons. The lowest BCUT2D eigenvalue weighted by atomic mass is 9.91. The SMILES string of the molecule is FC(F)(F)CN1CCC(c2nnc(NC[C@H]3CCCO3)c3cnccc23)CC1. The number of alkyl halides is 3. The lowest BCUT2D eigenvalue weighted by Gasteiger charge is -2.32. The number of aromatic nitrogens is 3. The molecule has 6 nitrogen and oxygen atoms in total. The molecule has 2 saturated heterocycles. The Labute approximate surface area is 161 Å². The highest BCUT2D eigenvalue weighted by Crippen LogP contribution is 2.33. The van der Waals surface area contributed by atoms with Gasteiger partial charge in [0.1, 0.15) is 0 Å². The normalized spacial score (nSPS) is 22.0. The van der Waals surface area contributed by atoms with E-state index in [0.717, 1.165) is 35.9 Å². The highest BCUT2D eigenvalue weighted by atomic mass is 19.4. The van der Waals surface area contributed by atoms with Gasteiger partial charge in [0, 0.05) is 42.2 Å². The molecule has 2 aliphatic heterocycles. The lowest BCUT2D eigenvalue weighted by Crippen LogP contribution is -2.39. The molecule has 2 aliphatic rings. The van der Waals surface area contributed by atoms with Crippen molar-refractivity contribution in [2.45, 2.75) is 43.9 Å². The quantitative estimate of drug-likeness (QED) is 0.838. The van der Waals surface area contributed by atoms with Crippen LogP contribution in [0.2, 0.25) is 0 Å². The average molecular weight is 395 g/mol. The van der Waals surface area contributed by atoms with Gasteiger partial charge in [-0.05, 0) is 44.8 Å². The number of anilines is 1. The van der Waals surface area contributed by atoms with Gasteiger partial charge in [-0.1, -0.05) is 0 Å². The molecule has 0 bridgehead atoms. The fraction of sp³-hybridized carbons (Fsp3) is 0.632. The Kier molecular flexibility index (Phi) is 5.63. The number of ether oxygens (including phenoxy) is 1. The second-order valence-electron chi connectivity index (χ2n) is 7.54. The number of nitrogens with one attached hydrogen (secondary N) is 1. The summed E-state index contributed by atoms with van der Waals surface area (Å²) in [4.78, 5) is 5.68. The molecule has 9 heteroatoms. The van der Waals surface area contributed by atoms with Crippen LogP contribution in [0.5, 0.6) is 0 Å². The average Bonchev–Trinajstić information content (AvgIpc) is 3.19. The molecule has 2 aromatic rings. The fourth-order valence-electron chi connectivity index (χ4n) is 4.08. The van der Waals surface area contributed by atoms with Crippen LogP contribution < -0.4 is 5.32 Å². The van der Waals surface area contributed by atoms with Crippen molar-refractivity contribution in [3.63, 3.8) is 0 Å². The predicted molar refractivity (Wildman–Crippen MR) is 99.3 cm³/mol. The molecule has 2 fully saturated rings. The van der Waals surface area contributed by atoms with Gasteiger partial charge in [-0.2, -0.15) is 18.3 Å². The topological polar surface area (TPSA) is 63.2 Å². The Balaban J connectivity index is 1.48. The van der Waals surface area contributed by atoms with E-state index in [1.165, 1.54) is 4.90 Å². The van der Waals surface area contributed by atoms with Gasteiger partial charge < -0.3 is 10.1 Å². The first-order valence-electron chi connectivity index (χ1n) is 9.74. The number of halogens is 3. The van der Waals surface area contributed by atoms with E-state index in [1.807, 2.05) is 6.07 Å². The lowest BCUT2D eigenvalue weighted by molar-refractivity contribution is -0.147. The Bertz CT molecular complexity index is 802. The molecule has 4 heterocycles. The molecule has 0 aliphatic carbocycles. The van der Waals surface area contributed by atoms with E-state index in [0.29, 0.717) is 38.3 Å². The van der Waals surface area contributed by atoms with Crippen LogP contribution >= 0.6 is 0 Å². The monoisotopic (exact) mass is 395 g/mol. The van der Waals surface area contributed by atoms with Gasteiger partial charge in [-0.25, -0.2) is 0 Å². The van der Waals surface area contributed by atoms with Crippen LogP contribution in [-0.2, 0) is 4.74 Å². The summed E-state index contributed by atoms with van der Waals surface area (Å²) in [5.41, 5.74) is 0.853. The van der Waals surface area contributed by atoms with Gasteiger partial charge >= 0.3 is 6.18 Å². The zero-order chi connectivity index (χ0) is 19.6. The molecule has 0 radical (unpaired) electrons. The van der Waals surface area contributed by atoms with Crippen LogP contribution in [0.25, 0.3) is 10.8 Å². The van der Waals surface area contributed by atoms with Crippen LogP contribution in [0, 0.1) is 0 Å². The van der Waals surface area contributed by atoms with Crippen LogP contribution in [0.3, 0.4) is 0 Å². The second kappa shape index (κ2) is 8.16. The fourth-order valence-corrected chi connectivity index (χ4v) is 4.08. The number of hydrogen-bond acceptors (Lipinski definition) is 6. The van der Waals surface area contributed by atoms with Gasteiger partial charge in [0.05, 0.1) is 18.3 Å². The Morgan fingerprint density at radius 1 is 1.14 bits per heavy atom. The van der Waals surface area contributed by atoms with Crippen molar-refractivity contribution in [1.82, 2.24) is 20.1 Å². The van der Waals surface area contributed by atoms with E-state index in [9.17, 15) is 13.2 Å². The third-order valence-electron chi connectivity index (χ3n) is 5.51. The van der Waals surface area contributed by atoms with Crippen molar-refractivity contribution < 1.29 is 17.9 Å². The van der Waals surface area contributed by atoms with Crippen LogP contribution in [0.15, 0.2) is 18.5 Å². The van der Waals surface area contributed by atoms with E-state index >= 15 is 0 Å². The summed E-state index contributed by atoms with van der Waals surface area (Å²) in [6.07, 6.45) is 2.92. The summed E-state index contributed by atoms with van der Waals surface area (Å²) in [5.74, 6) is 0.783. The molecule has 0 spiro atoms.